The normalized spacial score (nSPS) is 37.9. The average Bonchev–Trinajstić information content (AvgIpc) is 2.75. The van der Waals surface area contributed by atoms with Crippen LogP contribution in [0.25, 0.3) is 0 Å². The van der Waals surface area contributed by atoms with Gasteiger partial charge in [-0.15, -0.1) is 0 Å². The van der Waals surface area contributed by atoms with Crippen LogP contribution in [0, 0.1) is 5.92 Å². The van der Waals surface area contributed by atoms with E-state index in [-0.39, 0.29) is 30.7 Å². The summed E-state index contributed by atoms with van der Waals surface area (Å²) >= 11 is 0. The molecule has 3 unspecified atom stereocenters. The Morgan fingerprint density at radius 3 is 2.81 bits per heavy atom. The van der Waals surface area contributed by atoms with E-state index in [0.717, 1.165) is 6.42 Å². The van der Waals surface area contributed by atoms with Gasteiger partial charge in [-0.3, -0.25) is 0 Å². The van der Waals surface area contributed by atoms with Gasteiger partial charge in [-0.05, 0) is 18.8 Å². The Morgan fingerprint density at radius 1 is 1.38 bits per heavy atom. The van der Waals surface area contributed by atoms with Crippen LogP contribution in [-0.2, 0) is 19.3 Å². The van der Waals surface area contributed by atoms with Gasteiger partial charge in [0.2, 0.25) is 0 Å². The summed E-state index contributed by atoms with van der Waals surface area (Å²) in [5.41, 5.74) is 0. The van der Waals surface area contributed by atoms with E-state index in [9.17, 15) is 8.42 Å². The van der Waals surface area contributed by atoms with Crippen LogP contribution in [0.4, 0.5) is 0 Å². The van der Waals surface area contributed by atoms with Gasteiger partial charge in [-0.25, -0.2) is 8.42 Å². The first-order valence-corrected chi connectivity index (χ1v) is 7.49. The maximum Gasteiger partial charge on any atom is 0.158 e. The van der Waals surface area contributed by atoms with Gasteiger partial charge in [-0.2, -0.15) is 0 Å². The van der Waals surface area contributed by atoms with E-state index in [1.807, 2.05) is 0 Å². The Kier molecular flexibility index (Phi) is 3.84. The molecule has 5 nitrogen and oxygen atoms in total. The third kappa shape index (κ3) is 3.16. The summed E-state index contributed by atoms with van der Waals surface area (Å²) in [7, 11) is -2.81. The molecule has 2 aliphatic heterocycles. The Morgan fingerprint density at radius 2 is 2.19 bits per heavy atom. The number of aliphatic hydroxyl groups is 1. The molecule has 3 atom stereocenters. The molecule has 2 rings (SSSR count). The van der Waals surface area contributed by atoms with Crippen molar-refractivity contribution in [3.63, 3.8) is 0 Å². The Hall–Kier alpha value is -0.170. The van der Waals surface area contributed by atoms with Crippen LogP contribution in [0.2, 0.25) is 0 Å². The molecule has 94 valence electrons. The predicted molar refractivity (Wildman–Crippen MR) is 57.7 cm³/mol. The van der Waals surface area contributed by atoms with Crippen LogP contribution < -0.4 is 0 Å². The molecule has 6 heteroatoms. The van der Waals surface area contributed by atoms with Crippen molar-refractivity contribution in [1.82, 2.24) is 0 Å². The van der Waals surface area contributed by atoms with E-state index in [1.54, 1.807) is 0 Å². The van der Waals surface area contributed by atoms with Gasteiger partial charge in [0.05, 0.1) is 24.2 Å². The minimum absolute atomic E-state index is 0.0342. The van der Waals surface area contributed by atoms with Gasteiger partial charge in [-0.1, -0.05) is 0 Å². The van der Waals surface area contributed by atoms with Crippen molar-refractivity contribution in [3.05, 3.63) is 0 Å². The summed E-state index contributed by atoms with van der Waals surface area (Å²) in [6.07, 6.45) is 1.64. The first kappa shape index (κ1) is 12.3. The lowest BCUT2D eigenvalue weighted by molar-refractivity contribution is -0.0718. The third-order valence-corrected chi connectivity index (χ3v) is 4.95. The molecule has 0 aromatic rings. The van der Waals surface area contributed by atoms with Gasteiger partial charge in [0.25, 0.3) is 0 Å². The lowest BCUT2D eigenvalue weighted by Crippen LogP contribution is -2.17. The number of sulfone groups is 1. The molecule has 1 N–H and O–H groups in total. The third-order valence-electron chi connectivity index (χ3n) is 3.12. The highest BCUT2D eigenvalue weighted by Gasteiger charge is 2.33. The summed E-state index contributed by atoms with van der Waals surface area (Å²) in [5, 5.41) is 8.75. The quantitative estimate of drug-likeness (QED) is 0.756. The van der Waals surface area contributed by atoms with Crippen molar-refractivity contribution in [1.29, 1.82) is 0 Å². The molecule has 2 fully saturated rings. The lowest BCUT2D eigenvalue weighted by Gasteiger charge is -2.14. The van der Waals surface area contributed by atoms with E-state index < -0.39 is 9.84 Å². The first-order valence-electron chi connectivity index (χ1n) is 5.67. The molecule has 16 heavy (non-hydrogen) atoms. The molecule has 0 aromatic heterocycles. The lowest BCUT2D eigenvalue weighted by atomic mass is 10.1. The monoisotopic (exact) mass is 250 g/mol. The van der Waals surface area contributed by atoms with E-state index >= 15 is 0 Å². The Labute approximate surface area is 95.7 Å². The van der Waals surface area contributed by atoms with Gasteiger partial charge in [0.1, 0.15) is 0 Å². The Balaban J connectivity index is 1.75. The van der Waals surface area contributed by atoms with Crippen LogP contribution in [0.15, 0.2) is 0 Å². The SMILES string of the molecule is O=S1(=O)CCC(CC2OCC(CCO)O2)C1. The first-order chi connectivity index (χ1) is 7.59. The summed E-state index contributed by atoms with van der Waals surface area (Å²) in [5.74, 6) is 0.730. The van der Waals surface area contributed by atoms with Crippen molar-refractivity contribution in [2.45, 2.75) is 31.7 Å². The Bertz CT molecular complexity index is 326. The van der Waals surface area contributed by atoms with Gasteiger partial charge >= 0.3 is 0 Å². The zero-order chi connectivity index (χ0) is 11.6. The summed E-state index contributed by atoms with van der Waals surface area (Å²) in [6, 6.07) is 0. The van der Waals surface area contributed by atoms with Crippen LogP contribution in [0.5, 0.6) is 0 Å². The van der Waals surface area contributed by atoms with E-state index in [0.29, 0.717) is 25.2 Å². The molecule has 2 aliphatic rings. The zero-order valence-electron chi connectivity index (χ0n) is 9.17. The topological polar surface area (TPSA) is 72.8 Å². The predicted octanol–water partition coefficient (Wildman–Crippen LogP) is -0.0649. The molecule has 0 aromatic carbocycles. The van der Waals surface area contributed by atoms with Gasteiger partial charge in [0.15, 0.2) is 16.1 Å². The smallest absolute Gasteiger partial charge is 0.158 e. The maximum atomic E-state index is 11.3. The molecule has 0 amide bonds. The molecule has 0 bridgehead atoms. The van der Waals surface area contributed by atoms with Crippen LogP contribution in [-0.4, -0.2) is 50.6 Å². The summed E-state index contributed by atoms with van der Waals surface area (Å²) in [6.45, 7) is 0.600. The number of ether oxygens (including phenoxy) is 2. The fraction of sp³-hybridized carbons (Fsp3) is 1.00. The fourth-order valence-electron chi connectivity index (χ4n) is 2.26. The molecule has 0 aliphatic carbocycles. The second-order valence-corrected chi connectivity index (χ2v) is 6.77. The standard InChI is InChI=1S/C10H18O5S/c11-3-1-9-6-14-10(15-9)5-8-2-4-16(12,13)7-8/h8-11H,1-7H2. The highest BCUT2D eigenvalue weighted by Crippen LogP contribution is 2.27. The average molecular weight is 250 g/mol. The maximum absolute atomic E-state index is 11.3. The van der Waals surface area contributed by atoms with E-state index in [1.165, 1.54) is 0 Å². The van der Waals surface area contributed by atoms with Crippen LogP contribution >= 0.6 is 0 Å². The summed E-state index contributed by atoms with van der Waals surface area (Å²) < 4.78 is 33.5. The molecule has 2 heterocycles. The second-order valence-electron chi connectivity index (χ2n) is 4.54. The van der Waals surface area contributed by atoms with Crippen molar-refractivity contribution >= 4 is 9.84 Å². The van der Waals surface area contributed by atoms with Gasteiger partial charge in [0, 0.05) is 13.0 Å². The van der Waals surface area contributed by atoms with Crippen molar-refractivity contribution < 1.29 is 23.0 Å². The molecule has 0 spiro atoms. The number of hydrogen-bond donors (Lipinski definition) is 1. The van der Waals surface area contributed by atoms with E-state index in [2.05, 4.69) is 0 Å². The number of hydrogen-bond acceptors (Lipinski definition) is 5. The molecule has 0 radical (unpaired) electrons. The number of aliphatic hydroxyl groups excluding tert-OH is 1. The minimum atomic E-state index is -2.81. The fourth-order valence-corrected chi connectivity index (χ4v) is 4.14. The van der Waals surface area contributed by atoms with Crippen LogP contribution in [0.1, 0.15) is 19.3 Å². The summed E-state index contributed by atoms with van der Waals surface area (Å²) in [4.78, 5) is 0. The molecule has 0 saturated carbocycles. The molecule has 2 saturated heterocycles. The van der Waals surface area contributed by atoms with E-state index in [4.69, 9.17) is 14.6 Å². The van der Waals surface area contributed by atoms with Crippen molar-refractivity contribution in [2.75, 3.05) is 24.7 Å². The molecular weight excluding hydrogens is 232 g/mol. The van der Waals surface area contributed by atoms with Crippen molar-refractivity contribution in [3.8, 4) is 0 Å². The molecular formula is C10H18O5S. The highest BCUT2D eigenvalue weighted by atomic mass is 32.2. The number of rotatable bonds is 4. The second kappa shape index (κ2) is 5.00. The van der Waals surface area contributed by atoms with Crippen LogP contribution in [0.3, 0.4) is 0 Å². The zero-order valence-corrected chi connectivity index (χ0v) is 9.99. The highest BCUT2D eigenvalue weighted by molar-refractivity contribution is 7.91. The van der Waals surface area contributed by atoms with Gasteiger partial charge < -0.3 is 14.6 Å². The largest absolute Gasteiger partial charge is 0.396 e. The minimum Gasteiger partial charge on any atom is -0.396 e. The van der Waals surface area contributed by atoms with Crippen molar-refractivity contribution in [2.24, 2.45) is 5.92 Å².